The van der Waals surface area contributed by atoms with Crippen molar-refractivity contribution >= 4 is 0 Å². The monoisotopic (exact) mass is 324 g/mol. The van der Waals surface area contributed by atoms with Gasteiger partial charge in [-0.3, -0.25) is 0 Å². The Morgan fingerprint density at radius 1 is 1.00 bits per heavy atom. The molecule has 0 nitrogen and oxygen atoms in total. The Bertz CT molecular complexity index is 59.8. The van der Waals surface area contributed by atoms with Crippen molar-refractivity contribution in [3.63, 3.8) is 0 Å². The van der Waals surface area contributed by atoms with Crippen molar-refractivity contribution in [1.82, 2.24) is 0 Å². The third kappa shape index (κ3) is 24.9. The van der Waals surface area contributed by atoms with Gasteiger partial charge in [-0.2, -0.15) is 0 Å². The summed E-state index contributed by atoms with van der Waals surface area (Å²) >= 11 is 1.52. The third-order valence-corrected chi connectivity index (χ3v) is 4.59. The number of unbranched alkanes of at least 4 members (excludes halogenated alkanes) is 2. The molecule has 0 saturated heterocycles. The molecule has 0 atom stereocenters. The maximum absolute atomic E-state index is 2.27. The van der Waals surface area contributed by atoms with E-state index in [1.165, 1.54) is 45.0 Å². The fourth-order valence-electron chi connectivity index (χ4n) is 0.354. The minimum atomic E-state index is 0.591. The molecular weight excluding hydrogens is 301 g/mol. The van der Waals surface area contributed by atoms with Crippen LogP contribution in [0.5, 0.6) is 0 Å². The predicted octanol–water partition coefficient (Wildman–Crippen LogP) is 4.19. The molecule has 0 unspecified atom stereocenters. The average Bonchev–Trinajstić information content (AvgIpc) is 1.90. The van der Waals surface area contributed by atoms with E-state index < -0.39 is 0 Å². The van der Waals surface area contributed by atoms with Crippen molar-refractivity contribution in [3.05, 3.63) is 0 Å². The molecule has 0 aromatic heterocycles. The Balaban J connectivity index is 0. The zero-order valence-electron chi connectivity index (χ0n) is 8.78. The zero-order chi connectivity index (χ0) is 9.33. The van der Waals surface area contributed by atoms with Crippen LogP contribution in [0.4, 0.5) is 0 Å². The number of hydrogen-bond acceptors (Lipinski definition) is 0. The molecule has 0 aliphatic heterocycles. The second kappa shape index (κ2) is 8.83. The Labute approximate surface area is 85.1 Å². The Morgan fingerprint density at radius 3 is 1.27 bits per heavy atom. The summed E-state index contributed by atoms with van der Waals surface area (Å²) in [5, 5.41) is 0. The van der Waals surface area contributed by atoms with Gasteiger partial charge in [0.05, 0.1) is 0 Å². The van der Waals surface area contributed by atoms with E-state index in [0.717, 1.165) is 0 Å². The first-order valence-electron chi connectivity index (χ1n) is 4.58. The SMILES string of the molecule is CC(C)(C)[CH2][Ta].CCCCC. The molecule has 68 valence electrons. The first-order chi connectivity index (χ1) is 4.97. The van der Waals surface area contributed by atoms with E-state index >= 15 is 0 Å². The molecule has 0 aromatic carbocycles. The molecule has 0 rings (SSSR count). The smallest absolute Gasteiger partial charge is 0.0538 e. The van der Waals surface area contributed by atoms with E-state index in [2.05, 4.69) is 34.6 Å². The van der Waals surface area contributed by atoms with Gasteiger partial charge < -0.3 is 0 Å². The summed E-state index contributed by atoms with van der Waals surface area (Å²) in [6, 6.07) is 0. The predicted molar refractivity (Wildman–Crippen MR) is 49.5 cm³/mol. The van der Waals surface area contributed by atoms with Gasteiger partial charge in [-0.05, 0) is 0 Å². The molecule has 0 radical (unpaired) electrons. The summed E-state index contributed by atoms with van der Waals surface area (Å²) in [5.41, 5.74) is 0.591. The molecule has 0 aliphatic rings. The molecule has 0 heterocycles. The molecule has 0 bridgehead atoms. The van der Waals surface area contributed by atoms with E-state index in [9.17, 15) is 0 Å². The van der Waals surface area contributed by atoms with Crippen molar-refractivity contribution in [2.75, 3.05) is 0 Å². The van der Waals surface area contributed by atoms with Gasteiger partial charge in [0, 0.05) is 0 Å². The first-order valence-corrected chi connectivity index (χ1v) is 6.86. The third-order valence-electron chi connectivity index (χ3n) is 1.18. The van der Waals surface area contributed by atoms with E-state index in [0.29, 0.717) is 5.41 Å². The van der Waals surface area contributed by atoms with Crippen LogP contribution < -0.4 is 0 Å². The van der Waals surface area contributed by atoms with Gasteiger partial charge in [0.25, 0.3) is 0 Å². The van der Waals surface area contributed by atoms with Crippen LogP contribution in [0.1, 0.15) is 53.9 Å². The molecule has 0 amide bonds. The summed E-state index contributed by atoms with van der Waals surface area (Å²) in [4.78, 5) is 0. The Kier molecular flexibility index (Phi) is 11.5. The minimum Gasteiger partial charge on any atom is -0.0654 e. The van der Waals surface area contributed by atoms with E-state index in [1.54, 1.807) is 0 Å². The molecule has 0 N–H and O–H groups in total. The largest absolute Gasteiger partial charge is 0.0654 e. The maximum atomic E-state index is 2.27. The van der Waals surface area contributed by atoms with Crippen LogP contribution in [0.25, 0.3) is 0 Å². The molecule has 0 fully saturated rings. The fourth-order valence-corrected chi connectivity index (χ4v) is 0.354. The Morgan fingerprint density at radius 2 is 1.27 bits per heavy atom. The van der Waals surface area contributed by atoms with E-state index in [-0.39, 0.29) is 0 Å². The summed E-state index contributed by atoms with van der Waals surface area (Å²) in [7, 11) is 0. The van der Waals surface area contributed by atoms with Crippen LogP contribution in [-0.2, 0) is 21.1 Å². The Hall–Kier alpha value is 0.740. The van der Waals surface area contributed by atoms with Gasteiger partial charge in [0.1, 0.15) is 0 Å². The molecule has 0 spiro atoms. The van der Waals surface area contributed by atoms with Crippen LogP contribution in [0, 0.1) is 5.41 Å². The summed E-state index contributed by atoms with van der Waals surface area (Å²) in [6.07, 6.45) is 4.08. The molecular formula is C10H23Ta. The quantitative estimate of drug-likeness (QED) is 0.714. The maximum Gasteiger partial charge on any atom is -0.0538 e. The van der Waals surface area contributed by atoms with Crippen LogP contribution in [0.2, 0.25) is 4.64 Å². The van der Waals surface area contributed by atoms with E-state index in [1.807, 2.05) is 0 Å². The molecule has 11 heavy (non-hydrogen) atoms. The minimum absolute atomic E-state index is 0.591. The van der Waals surface area contributed by atoms with Gasteiger partial charge in [-0.25, -0.2) is 0 Å². The topological polar surface area (TPSA) is 0 Å². The van der Waals surface area contributed by atoms with Crippen LogP contribution >= 0.6 is 0 Å². The van der Waals surface area contributed by atoms with Crippen molar-refractivity contribution in [1.29, 1.82) is 0 Å². The average molecular weight is 324 g/mol. The number of rotatable bonds is 2. The molecule has 1 heteroatoms. The molecule has 0 aliphatic carbocycles. The van der Waals surface area contributed by atoms with E-state index in [4.69, 9.17) is 0 Å². The molecule has 0 saturated carbocycles. The van der Waals surface area contributed by atoms with Crippen molar-refractivity contribution in [3.8, 4) is 0 Å². The van der Waals surface area contributed by atoms with Gasteiger partial charge >= 0.3 is 51.9 Å². The number of hydrogen-bond donors (Lipinski definition) is 0. The summed E-state index contributed by atoms with van der Waals surface area (Å²) in [6.45, 7) is 11.2. The van der Waals surface area contributed by atoms with Crippen molar-refractivity contribution in [2.45, 2.75) is 58.5 Å². The van der Waals surface area contributed by atoms with Crippen molar-refractivity contribution in [2.24, 2.45) is 5.41 Å². The van der Waals surface area contributed by atoms with Gasteiger partial charge in [-0.15, -0.1) is 0 Å². The van der Waals surface area contributed by atoms with Gasteiger partial charge in [-0.1, -0.05) is 33.1 Å². The van der Waals surface area contributed by atoms with Gasteiger partial charge in [0.15, 0.2) is 0 Å². The van der Waals surface area contributed by atoms with Crippen LogP contribution in [0.15, 0.2) is 0 Å². The standard InChI is InChI=1S/C5H11.C5H12.Ta/c1-5(2,3)4;1-3-5-4-2;/h1H2,2-4H3;3-5H2,1-2H3;. The van der Waals surface area contributed by atoms with Crippen LogP contribution in [-0.4, -0.2) is 0 Å². The summed E-state index contributed by atoms with van der Waals surface area (Å²) in [5.74, 6) is 0. The molecule has 0 aromatic rings. The second-order valence-corrected chi connectivity index (χ2v) is 5.21. The normalized spacial score (nSPS) is 10.3. The summed E-state index contributed by atoms with van der Waals surface area (Å²) < 4.78 is 1.38. The van der Waals surface area contributed by atoms with Gasteiger partial charge in [0.2, 0.25) is 0 Å². The van der Waals surface area contributed by atoms with Crippen molar-refractivity contribution < 1.29 is 21.1 Å². The second-order valence-electron chi connectivity index (χ2n) is 4.07. The zero-order valence-corrected chi connectivity index (χ0v) is 12.0. The van der Waals surface area contributed by atoms with Crippen LogP contribution in [0.3, 0.4) is 0 Å². The first kappa shape index (κ1) is 14.3. The fraction of sp³-hybridized carbons (Fsp3) is 1.00.